The lowest BCUT2D eigenvalue weighted by Crippen LogP contribution is -2.43. The summed E-state index contributed by atoms with van der Waals surface area (Å²) in [6.07, 6.45) is 0.688. The molecular weight excluding hydrogens is 422 g/mol. The molecule has 1 fully saturated rings. The first-order valence-electron chi connectivity index (χ1n) is 10.9. The Morgan fingerprint density at radius 1 is 1.03 bits per heavy atom. The molecule has 2 heterocycles. The molecule has 166 valence electrons. The minimum absolute atomic E-state index is 0.0204. The number of carbonyl (C=O) groups excluding carboxylic acids is 1. The Morgan fingerprint density at radius 3 is 2.55 bits per heavy atom. The van der Waals surface area contributed by atoms with Crippen molar-refractivity contribution in [3.63, 3.8) is 0 Å². The molecule has 0 aromatic heterocycles. The lowest BCUT2D eigenvalue weighted by Gasteiger charge is -2.39. The minimum Gasteiger partial charge on any atom is -0.394 e. The van der Waals surface area contributed by atoms with Gasteiger partial charge in [-0.2, -0.15) is 0 Å². The number of hydrogen-bond acceptors (Lipinski definition) is 3. The van der Waals surface area contributed by atoms with Crippen molar-refractivity contribution in [2.24, 2.45) is 5.92 Å². The molecule has 0 bridgehead atoms. The van der Waals surface area contributed by atoms with E-state index in [-0.39, 0.29) is 41.9 Å². The highest BCUT2D eigenvalue weighted by atomic mass is 19.1. The molecule has 2 aliphatic rings. The van der Waals surface area contributed by atoms with Crippen LogP contribution in [0.1, 0.15) is 39.5 Å². The van der Waals surface area contributed by atoms with Gasteiger partial charge in [0.05, 0.1) is 29.8 Å². The first-order valence-corrected chi connectivity index (χ1v) is 10.9. The molecule has 0 aliphatic carbocycles. The van der Waals surface area contributed by atoms with Gasteiger partial charge in [-0.05, 0) is 54.4 Å². The molecule has 0 spiro atoms. The Labute approximate surface area is 190 Å². The predicted octanol–water partition coefficient (Wildman–Crippen LogP) is 4.35. The van der Waals surface area contributed by atoms with Gasteiger partial charge in [0.2, 0.25) is 0 Å². The molecule has 0 radical (unpaired) electrons. The van der Waals surface area contributed by atoms with Crippen LogP contribution in [0.3, 0.4) is 0 Å². The smallest absolute Gasteiger partial charge is 0.257 e. The van der Waals surface area contributed by atoms with Crippen molar-refractivity contribution < 1.29 is 18.7 Å². The van der Waals surface area contributed by atoms with Crippen molar-refractivity contribution in [2.45, 2.75) is 18.5 Å². The van der Waals surface area contributed by atoms with Gasteiger partial charge in [0.1, 0.15) is 11.6 Å². The van der Waals surface area contributed by atoms with E-state index in [0.717, 1.165) is 11.3 Å². The Balaban J connectivity index is 1.54. The van der Waals surface area contributed by atoms with Gasteiger partial charge in [-0.25, -0.2) is 8.78 Å². The topological polar surface area (TPSA) is 52.6 Å². The fourth-order valence-corrected chi connectivity index (χ4v) is 4.86. The second-order valence-corrected chi connectivity index (χ2v) is 8.34. The molecule has 3 aromatic carbocycles. The number of likely N-dealkylation sites (tertiary alicyclic amines) is 1. The molecule has 4 nitrogen and oxygen atoms in total. The number of fused-ring (bicyclic) bond motifs is 3. The highest BCUT2D eigenvalue weighted by molar-refractivity contribution is 5.95. The van der Waals surface area contributed by atoms with E-state index in [4.69, 9.17) is 0 Å². The number of hydrogen-bond donors (Lipinski definition) is 2. The van der Waals surface area contributed by atoms with Crippen LogP contribution >= 0.6 is 0 Å². The number of anilines is 1. The normalized spacial score (nSPS) is 20.8. The SMILES string of the molecule is O=C(c1ccccc1F)N1CC[C@@H]2[C@H]1c1cc(C#Cc3ccccc3F)ccc1N[C@@H]2CO. The third kappa shape index (κ3) is 3.85. The van der Waals surface area contributed by atoms with Crippen molar-refractivity contribution >= 4 is 11.6 Å². The maximum Gasteiger partial charge on any atom is 0.257 e. The molecule has 0 unspecified atom stereocenters. The van der Waals surface area contributed by atoms with Crippen LogP contribution < -0.4 is 5.32 Å². The maximum atomic E-state index is 14.4. The number of nitrogens with zero attached hydrogens (tertiary/aromatic N) is 1. The van der Waals surface area contributed by atoms with E-state index >= 15 is 0 Å². The second kappa shape index (κ2) is 8.68. The first-order chi connectivity index (χ1) is 16.1. The van der Waals surface area contributed by atoms with Gasteiger partial charge in [-0.1, -0.05) is 36.1 Å². The van der Waals surface area contributed by atoms with Crippen LogP contribution in [0.2, 0.25) is 0 Å². The Kier molecular flexibility index (Phi) is 5.57. The Hall–Kier alpha value is -3.69. The highest BCUT2D eigenvalue weighted by Gasteiger charge is 2.46. The van der Waals surface area contributed by atoms with E-state index in [1.165, 1.54) is 18.2 Å². The van der Waals surface area contributed by atoms with E-state index < -0.39 is 5.82 Å². The number of aliphatic hydroxyl groups excluding tert-OH is 1. The lowest BCUT2D eigenvalue weighted by atomic mass is 9.82. The Morgan fingerprint density at radius 2 is 1.79 bits per heavy atom. The van der Waals surface area contributed by atoms with Crippen LogP contribution in [0, 0.1) is 29.4 Å². The van der Waals surface area contributed by atoms with Crippen LogP contribution in [-0.4, -0.2) is 35.1 Å². The summed E-state index contributed by atoms with van der Waals surface area (Å²) < 4.78 is 28.3. The van der Waals surface area contributed by atoms with E-state index in [9.17, 15) is 18.7 Å². The summed E-state index contributed by atoms with van der Waals surface area (Å²) in [4.78, 5) is 15.0. The van der Waals surface area contributed by atoms with Gasteiger partial charge in [-0.3, -0.25) is 4.79 Å². The second-order valence-electron chi connectivity index (χ2n) is 8.34. The summed E-state index contributed by atoms with van der Waals surface area (Å²) in [5.41, 5.74) is 2.70. The largest absolute Gasteiger partial charge is 0.394 e. The molecule has 1 saturated heterocycles. The molecule has 1 amide bonds. The number of halogens is 2. The van der Waals surface area contributed by atoms with E-state index in [1.807, 2.05) is 18.2 Å². The summed E-state index contributed by atoms with van der Waals surface area (Å²) >= 11 is 0. The number of aliphatic hydroxyl groups is 1. The number of amides is 1. The zero-order valence-electron chi connectivity index (χ0n) is 17.8. The number of rotatable bonds is 2. The zero-order chi connectivity index (χ0) is 22.9. The molecule has 3 atom stereocenters. The fraction of sp³-hybridized carbons (Fsp3) is 0.222. The summed E-state index contributed by atoms with van der Waals surface area (Å²) in [6.45, 7) is 0.391. The predicted molar refractivity (Wildman–Crippen MR) is 122 cm³/mol. The van der Waals surface area contributed by atoms with Crippen LogP contribution in [0.5, 0.6) is 0 Å². The van der Waals surface area contributed by atoms with Crippen molar-refractivity contribution in [3.8, 4) is 11.8 Å². The fourth-order valence-electron chi connectivity index (χ4n) is 4.86. The van der Waals surface area contributed by atoms with Crippen LogP contribution in [0.25, 0.3) is 0 Å². The van der Waals surface area contributed by atoms with E-state index in [2.05, 4.69) is 17.2 Å². The summed E-state index contributed by atoms with van der Waals surface area (Å²) in [7, 11) is 0. The molecule has 5 rings (SSSR count). The average molecular weight is 444 g/mol. The van der Waals surface area contributed by atoms with E-state index in [1.54, 1.807) is 35.2 Å². The third-order valence-corrected chi connectivity index (χ3v) is 6.45. The monoisotopic (exact) mass is 444 g/mol. The quantitative estimate of drug-likeness (QED) is 0.578. The average Bonchev–Trinajstić information content (AvgIpc) is 3.28. The van der Waals surface area contributed by atoms with Gasteiger partial charge in [0.25, 0.3) is 5.91 Å². The number of benzene rings is 3. The molecule has 33 heavy (non-hydrogen) atoms. The molecule has 0 saturated carbocycles. The standard InChI is InChI=1S/C27H22F2N2O2/c28-22-7-3-1-5-18(22)11-9-17-10-12-24-21(15-17)26-20(25(16-32)30-24)13-14-31(26)27(33)19-6-2-4-8-23(19)29/h1-8,10,12,15,20,25-26,30,32H,13-14,16H2/t20-,25+,26-/m0/s1. The highest BCUT2D eigenvalue weighted by Crippen LogP contribution is 2.47. The van der Waals surface area contributed by atoms with E-state index in [0.29, 0.717) is 24.1 Å². The van der Waals surface area contributed by atoms with Gasteiger partial charge >= 0.3 is 0 Å². The molecule has 2 N–H and O–H groups in total. The summed E-state index contributed by atoms with van der Waals surface area (Å²) in [5, 5.41) is 13.3. The summed E-state index contributed by atoms with van der Waals surface area (Å²) in [6, 6.07) is 17.4. The molecule has 6 heteroatoms. The Bertz CT molecular complexity index is 1280. The molecule has 2 aliphatic heterocycles. The van der Waals surface area contributed by atoms with Crippen molar-refractivity contribution in [3.05, 3.63) is 101 Å². The van der Waals surface area contributed by atoms with Crippen molar-refractivity contribution in [2.75, 3.05) is 18.5 Å². The summed E-state index contributed by atoms with van der Waals surface area (Å²) in [5.74, 6) is 4.56. The first kappa shape index (κ1) is 21.2. The minimum atomic E-state index is -0.552. The van der Waals surface area contributed by atoms with Crippen LogP contribution in [-0.2, 0) is 0 Å². The maximum absolute atomic E-state index is 14.4. The third-order valence-electron chi connectivity index (χ3n) is 6.45. The van der Waals surface area contributed by atoms with Gasteiger partial charge in [-0.15, -0.1) is 0 Å². The van der Waals surface area contributed by atoms with Crippen LogP contribution in [0.4, 0.5) is 14.5 Å². The molecular formula is C27H22F2N2O2. The number of nitrogens with one attached hydrogen (secondary N) is 1. The van der Waals surface area contributed by atoms with Crippen molar-refractivity contribution in [1.29, 1.82) is 0 Å². The van der Waals surface area contributed by atoms with Crippen molar-refractivity contribution in [1.82, 2.24) is 4.90 Å². The van der Waals surface area contributed by atoms with Gasteiger partial charge in [0.15, 0.2) is 0 Å². The zero-order valence-corrected chi connectivity index (χ0v) is 17.8. The van der Waals surface area contributed by atoms with Gasteiger partial charge < -0.3 is 15.3 Å². The lowest BCUT2D eigenvalue weighted by molar-refractivity contribution is 0.0696. The van der Waals surface area contributed by atoms with Crippen LogP contribution in [0.15, 0.2) is 66.7 Å². The van der Waals surface area contributed by atoms with Gasteiger partial charge in [0, 0.05) is 23.7 Å². The number of carbonyl (C=O) groups is 1. The molecule has 3 aromatic rings.